The molecular formula is C20H30N2O2. The first-order valence-corrected chi connectivity index (χ1v) is 9.37. The van der Waals surface area contributed by atoms with Crippen LogP contribution in [0.3, 0.4) is 0 Å². The molecule has 1 saturated heterocycles. The Morgan fingerprint density at radius 3 is 2.38 bits per heavy atom. The second kappa shape index (κ2) is 8.52. The van der Waals surface area contributed by atoms with Crippen molar-refractivity contribution in [1.82, 2.24) is 9.80 Å². The fourth-order valence-electron chi connectivity index (χ4n) is 3.93. The molecule has 0 atom stereocenters. The molecule has 2 fully saturated rings. The molecule has 0 bridgehead atoms. The summed E-state index contributed by atoms with van der Waals surface area (Å²) in [6.07, 6.45) is 7.26. The lowest BCUT2D eigenvalue weighted by Crippen LogP contribution is -2.48. The molecule has 1 heterocycles. The predicted molar refractivity (Wildman–Crippen MR) is 96.0 cm³/mol. The van der Waals surface area contributed by atoms with Crippen LogP contribution in [0.2, 0.25) is 0 Å². The van der Waals surface area contributed by atoms with Gasteiger partial charge in [-0.1, -0.05) is 37.8 Å². The maximum atomic E-state index is 12.4. The summed E-state index contributed by atoms with van der Waals surface area (Å²) in [7, 11) is 1.69. The van der Waals surface area contributed by atoms with E-state index in [-0.39, 0.29) is 0 Å². The molecule has 4 nitrogen and oxygen atoms in total. The van der Waals surface area contributed by atoms with Gasteiger partial charge in [-0.05, 0) is 30.0 Å². The lowest BCUT2D eigenvalue weighted by molar-refractivity contribution is -0.133. The van der Waals surface area contributed by atoms with E-state index < -0.39 is 0 Å². The standard InChI is InChI=1S/C20H30N2O2/c1-24-19-9-6-18(7-10-19)16-21-12-14-22(15-13-21)20(23)11-8-17-4-2-3-5-17/h6-7,9-10,17H,2-5,8,11-16H2,1H3. The molecular weight excluding hydrogens is 300 g/mol. The van der Waals surface area contributed by atoms with Crippen molar-refractivity contribution < 1.29 is 9.53 Å². The maximum Gasteiger partial charge on any atom is 0.222 e. The zero-order chi connectivity index (χ0) is 16.8. The minimum atomic E-state index is 0.367. The van der Waals surface area contributed by atoms with E-state index in [0.29, 0.717) is 5.91 Å². The van der Waals surface area contributed by atoms with Gasteiger partial charge in [0, 0.05) is 39.1 Å². The first kappa shape index (κ1) is 17.3. The van der Waals surface area contributed by atoms with Crippen molar-refractivity contribution in [2.75, 3.05) is 33.3 Å². The number of nitrogens with zero attached hydrogens (tertiary/aromatic N) is 2. The van der Waals surface area contributed by atoms with Gasteiger partial charge in [0.25, 0.3) is 0 Å². The summed E-state index contributed by atoms with van der Waals surface area (Å²) in [4.78, 5) is 16.9. The Morgan fingerprint density at radius 1 is 1.08 bits per heavy atom. The summed E-state index contributed by atoms with van der Waals surface area (Å²) < 4.78 is 5.20. The zero-order valence-electron chi connectivity index (χ0n) is 14.9. The normalized spacial score (nSPS) is 19.6. The number of ether oxygens (including phenoxy) is 1. The molecule has 0 N–H and O–H groups in total. The van der Waals surface area contributed by atoms with Crippen molar-refractivity contribution >= 4 is 5.91 Å². The van der Waals surface area contributed by atoms with E-state index in [1.54, 1.807) is 7.11 Å². The van der Waals surface area contributed by atoms with Gasteiger partial charge in [0.1, 0.15) is 5.75 Å². The number of piperazine rings is 1. The number of hydrogen-bond acceptors (Lipinski definition) is 3. The van der Waals surface area contributed by atoms with Crippen LogP contribution in [0.5, 0.6) is 5.75 Å². The number of rotatable bonds is 6. The maximum absolute atomic E-state index is 12.4. The van der Waals surface area contributed by atoms with Gasteiger partial charge in [-0.2, -0.15) is 0 Å². The molecule has 132 valence electrons. The van der Waals surface area contributed by atoms with E-state index in [4.69, 9.17) is 4.74 Å². The Bertz CT molecular complexity index is 515. The van der Waals surface area contributed by atoms with E-state index in [0.717, 1.165) is 57.2 Å². The van der Waals surface area contributed by atoms with E-state index in [9.17, 15) is 4.79 Å². The highest BCUT2D eigenvalue weighted by molar-refractivity contribution is 5.76. The largest absolute Gasteiger partial charge is 0.497 e. The van der Waals surface area contributed by atoms with Crippen molar-refractivity contribution in [3.63, 3.8) is 0 Å². The topological polar surface area (TPSA) is 32.8 Å². The van der Waals surface area contributed by atoms with E-state index in [1.807, 2.05) is 12.1 Å². The molecule has 3 rings (SSSR count). The minimum absolute atomic E-state index is 0.367. The van der Waals surface area contributed by atoms with Gasteiger partial charge in [0.15, 0.2) is 0 Å². The fraction of sp³-hybridized carbons (Fsp3) is 0.650. The summed E-state index contributed by atoms with van der Waals surface area (Å²) in [5.41, 5.74) is 1.30. The Hall–Kier alpha value is -1.55. The number of methoxy groups -OCH3 is 1. The number of carbonyl (C=O) groups excluding carboxylic acids is 1. The van der Waals surface area contributed by atoms with Gasteiger partial charge in [-0.25, -0.2) is 0 Å². The molecule has 0 spiro atoms. The number of hydrogen-bond donors (Lipinski definition) is 0. The smallest absolute Gasteiger partial charge is 0.222 e. The highest BCUT2D eigenvalue weighted by Crippen LogP contribution is 2.28. The van der Waals surface area contributed by atoms with Crippen LogP contribution < -0.4 is 4.74 Å². The third-order valence-electron chi connectivity index (χ3n) is 5.53. The Kier molecular flexibility index (Phi) is 6.13. The third kappa shape index (κ3) is 4.73. The Morgan fingerprint density at radius 2 is 1.75 bits per heavy atom. The fourth-order valence-corrected chi connectivity index (χ4v) is 3.93. The number of amides is 1. The van der Waals surface area contributed by atoms with Crippen LogP contribution in [0.4, 0.5) is 0 Å². The molecule has 1 aromatic rings. The molecule has 1 saturated carbocycles. The number of benzene rings is 1. The SMILES string of the molecule is COc1ccc(CN2CCN(C(=O)CCC3CCCC3)CC2)cc1. The van der Waals surface area contributed by atoms with Crippen LogP contribution >= 0.6 is 0 Å². The monoisotopic (exact) mass is 330 g/mol. The van der Waals surface area contributed by atoms with Crippen LogP contribution in [-0.2, 0) is 11.3 Å². The van der Waals surface area contributed by atoms with Gasteiger partial charge < -0.3 is 9.64 Å². The summed E-state index contributed by atoms with van der Waals surface area (Å²) >= 11 is 0. The minimum Gasteiger partial charge on any atom is -0.497 e. The average Bonchev–Trinajstić information content (AvgIpc) is 3.14. The summed E-state index contributed by atoms with van der Waals surface area (Å²) in [5.74, 6) is 2.08. The summed E-state index contributed by atoms with van der Waals surface area (Å²) in [6, 6.07) is 8.27. The zero-order valence-corrected chi connectivity index (χ0v) is 14.9. The summed E-state index contributed by atoms with van der Waals surface area (Å²) in [5, 5.41) is 0. The van der Waals surface area contributed by atoms with Crippen molar-refractivity contribution in [1.29, 1.82) is 0 Å². The van der Waals surface area contributed by atoms with Crippen molar-refractivity contribution in [3.8, 4) is 5.75 Å². The molecule has 1 amide bonds. The predicted octanol–water partition coefficient (Wildman–Crippen LogP) is 3.31. The Labute approximate surface area is 145 Å². The lowest BCUT2D eigenvalue weighted by Gasteiger charge is -2.35. The Balaban J connectivity index is 1.38. The molecule has 2 aliphatic rings. The first-order valence-electron chi connectivity index (χ1n) is 9.37. The second-order valence-electron chi connectivity index (χ2n) is 7.19. The quantitative estimate of drug-likeness (QED) is 0.802. The molecule has 0 aromatic heterocycles. The molecule has 1 aromatic carbocycles. The van der Waals surface area contributed by atoms with E-state index in [2.05, 4.69) is 21.9 Å². The van der Waals surface area contributed by atoms with Gasteiger partial charge in [0.05, 0.1) is 7.11 Å². The van der Waals surface area contributed by atoms with Gasteiger partial charge in [0.2, 0.25) is 5.91 Å². The molecule has 1 aliphatic heterocycles. The van der Waals surface area contributed by atoms with Crippen molar-refractivity contribution in [2.24, 2.45) is 5.92 Å². The molecule has 24 heavy (non-hydrogen) atoms. The summed E-state index contributed by atoms with van der Waals surface area (Å²) in [6.45, 7) is 4.65. The van der Waals surface area contributed by atoms with Crippen molar-refractivity contribution in [2.45, 2.75) is 45.1 Å². The first-order chi connectivity index (χ1) is 11.7. The number of carbonyl (C=O) groups is 1. The van der Waals surface area contributed by atoms with E-state index >= 15 is 0 Å². The third-order valence-corrected chi connectivity index (χ3v) is 5.53. The van der Waals surface area contributed by atoms with Gasteiger partial charge in [-0.3, -0.25) is 9.69 Å². The second-order valence-corrected chi connectivity index (χ2v) is 7.19. The van der Waals surface area contributed by atoms with Crippen molar-refractivity contribution in [3.05, 3.63) is 29.8 Å². The molecule has 4 heteroatoms. The van der Waals surface area contributed by atoms with Crippen LogP contribution in [0, 0.1) is 5.92 Å². The highest BCUT2D eigenvalue weighted by atomic mass is 16.5. The van der Waals surface area contributed by atoms with Crippen LogP contribution in [0.1, 0.15) is 44.1 Å². The lowest BCUT2D eigenvalue weighted by atomic mass is 10.0. The molecule has 1 aliphatic carbocycles. The van der Waals surface area contributed by atoms with Crippen LogP contribution in [0.15, 0.2) is 24.3 Å². The van der Waals surface area contributed by atoms with Gasteiger partial charge in [-0.15, -0.1) is 0 Å². The van der Waals surface area contributed by atoms with Crippen LogP contribution in [0.25, 0.3) is 0 Å². The average molecular weight is 330 g/mol. The van der Waals surface area contributed by atoms with E-state index in [1.165, 1.54) is 31.2 Å². The highest BCUT2D eigenvalue weighted by Gasteiger charge is 2.22. The molecule has 0 radical (unpaired) electrons. The van der Waals surface area contributed by atoms with Gasteiger partial charge >= 0.3 is 0 Å². The van der Waals surface area contributed by atoms with Crippen LogP contribution in [-0.4, -0.2) is 49.0 Å². The molecule has 0 unspecified atom stereocenters.